The zero-order chi connectivity index (χ0) is 8.10. The van der Waals surface area contributed by atoms with Crippen LogP contribution in [0.15, 0.2) is 29.2 Å². The standard InChI is InChI=1S/C8H6N2O/c9-5-1-3-7-4-2-6-10-8(7)11/h1-4,6H,(H,10,11). The van der Waals surface area contributed by atoms with Crippen LogP contribution in [0.3, 0.4) is 0 Å². The number of hydrogen-bond donors (Lipinski definition) is 1. The van der Waals surface area contributed by atoms with E-state index in [9.17, 15) is 4.79 Å². The van der Waals surface area contributed by atoms with Crippen LogP contribution in [0.5, 0.6) is 0 Å². The molecule has 0 bridgehead atoms. The van der Waals surface area contributed by atoms with E-state index in [0.29, 0.717) is 5.56 Å². The number of aromatic nitrogens is 1. The minimum absolute atomic E-state index is 0.181. The van der Waals surface area contributed by atoms with Crippen molar-refractivity contribution in [3.63, 3.8) is 0 Å². The van der Waals surface area contributed by atoms with Gasteiger partial charge in [0, 0.05) is 17.8 Å². The van der Waals surface area contributed by atoms with Gasteiger partial charge in [-0.25, -0.2) is 0 Å². The predicted octanol–water partition coefficient (Wildman–Crippen LogP) is 0.912. The van der Waals surface area contributed by atoms with Crippen molar-refractivity contribution in [2.75, 3.05) is 0 Å². The number of rotatable bonds is 1. The highest BCUT2D eigenvalue weighted by Crippen LogP contribution is 1.91. The molecule has 1 rings (SSSR count). The smallest absolute Gasteiger partial charge is 0.255 e. The van der Waals surface area contributed by atoms with Gasteiger partial charge in [-0.05, 0) is 18.2 Å². The lowest BCUT2D eigenvalue weighted by atomic mass is 10.2. The van der Waals surface area contributed by atoms with Crippen LogP contribution in [-0.4, -0.2) is 4.98 Å². The molecule has 0 amide bonds. The molecule has 0 unspecified atom stereocenters. The Balaban J connectivity index is 3.07. The van der Waals surface area contributed by atoms with E-state index in [1.807, 2.05) is 6.07 Å². The molecule has 0 aliphatic carbocycles. The Morgan fingerprint density at radius 2 is 2.45 bits per heavy atom. The van der Waals surface area contributed by atoms with Crippen LogP contribution in [0.2, 0.25) is 0 Å². The molecular formula is C8H6N2O. The summed E-state index contributed by atoms with van der Waals surface area (Å²) in [5.41, 5.74) is 0.313. The maximum atomic E-state index is 10.9. The highest BCUT2D eigenvalue weighted by atomic mass is 16.1. The first kappa shape index (κ1) is 7.29. The van der Waals surface area contributed by atoms with Crippen molar-refractivity contribution in [1.82, 2.24) is 4.98 Å². The molecule has 1 aromatic rings. The third kappa shape index (κ3) is 1.80. The van der Waals surface area contributed by atoms with Crippen molar-refractivity contribution in [2.45, 2.75) is 0 Å². The largest absolute Gasteiger partial charge is 0.329 e. The van der Waals surface area contributed by atoms with Gasteiger partial charge in [0.25, 0.3) is 5.56 Å². The van der Waals surface area contributed by atoms with Crippen LogP contribution < -0.4 is 5.56 Å². The third-order valence-electron chi connectivity index (χ3n) is 1.19. The van der Waals surface area contributed by atoms with E-state index < -0.39 is 0 Å². The first-order chi connectivity index (χ1) is 5.34. The topological polar surface area (TPSA) is 56.6 Å². The van der Waals surface area contributed by atoms with Gasteiger partial charge < -0.3 is 4.98 Å². The average molecular weight is 146 g/mol. The summed E-state index contributed by atoms with van der Waals surface area (Å²) in [7, 11) is 0. The Bertz CT molecular complexity index is 357. The van der Waals surface area contributed by atoms with Crippen LogP contribution in [-0.2, 0) is 0 Å². The lowest BCUT2D eigenvalue weighted by Crippen LogP contribution is -2.06. The van der Waals surface area contributed by atoms with Crippen molar-refractivity contribution in [1.29, 1.82) is 5.26 Å². The van der Waals surface area contributed by atoms with E-state index >= 15 is 0 Å². The number of nitrogens with zero attached hydrogens (tertiary/aromatic N) is 1. The maximum Gasteiger partial charge on any atom is 0.255 e. The minimum Gasteiger partial charge on any atom is -0.329 e. The molecule has 1 N–H and O–H groups in total. The predicted molar refractivity (Wildman–Crippen MR) is 41.7 cm³/mol. The molecule has 3 heteroatoms. The van der Waals surface area contributed by atoms with Crippen molar-refractivity contribution < 1.29 is 0 Å². The second-order valence-electron chi connectivity index (χ2n) is 1.92. The van der Waals surface area contributed by atoms with Crippen molar-refractivity contribution >= 4 is 6.08 Å². The number of nitriles is 1. The summed E-state index contributed by atoms with van der Waals surface area (Å²) < 4.78 is 0. The van der Waals surface area contributed by atoms with Gasteiger partial charge in [0.2, 0.25) is 0 Å². The van der Waals surface area contributed by atoms with Crippen LogP contribution in [0.1, 0.15) is 5.56 Å². The van der Waals surface area contributed by atoms with E-state index in [4.69, 9.17) is 5.26 Å². The van der Waals surface area contributed by atoms with Gasteiger partial charge in [-0.15, -0.1) is 0 Å². The Morgan fingerprint density at radius 1 is 1.64 bits per heavy atom. The first-order valence-electron chi connectivity index (χ1n) is 3.08. The van der Waals surface area contributed by atoms with Gasteiger partial charge in [-0.3, -0.25) is 4.79 Å². The zero-order valence-electron chi connectivity index (χ0n) is 5.74. The van der Waals surface area contributed by atoms with Crippen LogP contribution in [0.25, 0.3) is 6.08 Å². The Morgan fingerprint density at radius 3 is 3.09 bits per heavy atom. The molecular weight excluding hydrogens is 140 g/mol. The van der Waals surface area contributed by atoms with Crippen LogP contribution in [0, 0.1) is 11.3 Å². The van der Waals surface area contributed by atoms with E-state index in [1.165, 1.54) is 12.2 Å². The molecule has 0 saturated carbocycles. The van der Waals surface area contributed by atoms with Gasteiger partial charge in [0.1, 0.15) is 0 Å². The molecule has 0 aliphatic rings. The summed E-state index contributed by atoms with van der Waals surface area (Å²) in [5, 5.41) is 8.17. The second kappa shape index (κ2) is 3.37. The molecule has 0 radical (unpaired) electrons. The van der Waals surface area contributed by atoms with Gasteiger partial charge in [0.15, 0.2) is 0 Å². The average Bonchev–Trinajstić information content (AvgIpc) is 2.03. The molecule has 0 aliphatic heterocycles. The van der Waals surface area contributed by atoms with E-state index in [2.05, 4.69) is 4.98 Å². The molecule has 0 atom stereocenters. The number of nitrogens with one attached hydrogen (secondary N) is 1. The van der Waals surface area contributed by atoms with Crippen LogP contribution in [0.4, 0.5) is 0 Å². The minimum atomic E-state index is -0.181. The van der Waals surface area contributed by atoms with Gasteiger partial charge in [-0.2, -0.15) is 5.26 Å². The molecule has 1 heterocycles. The van der Waals surface area contributed by atoms with Gasteiger partial charge >= 0.3 is 0 Å². The zero-order valence-corrected chi connectivity index (χ0v) is 5.74. The monoisotopic (exact) mass is 146 g/mol. The lowest BCUT2D eigenvalue weighted by Gasteiger charge is -1.86. The summed E-state index contributed by atoms with van der Waals surface area (Å²) in [6.07, 6.45) is 4.29. The first-order valence-corrected chi connectivity index (χ1v) is 3.08. The molecule has 0 spiro atoms. The molecule has 11 heavy (non-hydrogen) atoms. The summed E-state index contributed by atoms with van der Waals surface area (Å²) >= 11 is 0. The van der Waals surface area contributed by atoms with Crippen molar-refractivity contribution in [3.05, 3.63) is 40.3 Å². The summed E-state index contributed by atoms with van der Waals surface area (Å²) in [5.74, 6) is 0. The van der Waals surface area contributed by atoms with Crippen molar-refractivity contribution in [2.24, 2.45) is 0 Å². The quantitative estimate of drug-likeness (QED) is 0.598. The number of pyridine rings is 1. The lowest BCUT2D eigenvalue weighted by molar-refractivity contribution is 1.23. The van der Waals surface area contributed by atoms with E-state index in [0.717, 1.165) is 0 Å². The summed E-state index contributed by atoms with van der Waals surface area (Å²) in [6.45, 7) is 0. The highest BCUT2D eigenvalue weighted by molar-refractivity contribution is 5.49. The SMILES string of the molecule is N#CC=Cc1ccc[nH]c1=O. The van der Waals surface area contributed by atoms with Crippen molar-refractivity contribution in [3.8, 4) is 6.07 Å². The fraction of sp³-hybridized carbons (Fsp3) is 0. The van der Waals surface area contributed by atoms with Gasteiger partial charge in [-0.1, -0.05) is 0 Å². The van der Waals surface area contributed by atoms with E-state index in [-0.39, 0.29) is 5.56 Å². The fourth-order valence-corrected chi connectivity index (χ4v) is 0.693. The molecule has 54 valence electrons. The Kier molecular flexibility index (Phi) is 2.24. The molecule has 0 aromatic carbocycles. The fourth-order valence-electron chi connectivity index (χ4n) is 0.693. The Hall–Kier alpha value is -1.82. The number of aromatic amines is 1. The molecule has 1 aromatic heterocycles. The normalized spacial score (nSPS) is 9.73. The Labute approximate surface area is 63.6 Å². The highest BCUT2D eigenvalue weighted by Gasteiger charge is 1.89. The number of allylic oxidation sites excluding steroid dienone is 1. The summed E-state index contributed by atoms with van der Waals surface area (Å²) in [4.78, 5) is 13.4. The molecule has 0 fully saturated rings. The second-order valence-corrected chi connectivity index (χ2v) is 1.92. The number of hydrogen-bond acceptors (Lipinski definition) is 2. The van der Waals surface area contributed by atoms with Crippen LogP contribution >= 0.6 is 0 Å². The van der Waals surface area contributed by atoms with E-state index in [1.54, 1.807) is 18.3 Å². The molecule has 3 nitrogen and oxygen atoms in total. The molecule has 0 saturated heterocycles. The number of H-pyrrole nitrogens is 1. The van der Waals surface area contributed by atoms with Gasteiger partial charge in [0.05, 0.1) is 6.07 Å². The third-order valence-corrected chi connectivity index (χ3v) is 1.19. The maximum absolute atomic E-state index is 10.9. The summed E-state index contributed by atoms with van der Waals surface area (Å²) in [6, 6.07) is 5.16.